The van der Waals surface area contributed by atoms with E-state index in [0.29, 0.717) is 25.1 Å². The van der Waals surface area contributed by atoms with Gasteiger partial charge in [0.25, 0.3) is 15.9 Å². The number of benzene rings is 2. The third-order valence-electron chi connectivity index (χ3n) is 5.93. The monoisotopic (exact) mass is 491 g/mol. The zero-order valence-corrected chi connectivity index (χ0v) is 20.5. The fraction of sp³-hybridized carbons (Fsp3) is 0.417. The van der Waals surface area contributed by atoms with Crippen LogP contribution in [0.25, 0.3) is 0 Å². The molecule has 3 rings (SSSR count). The fourth-order valence-electron chi connectivity index (χ4n) is 4.23. The number of halogens is 1. The summed E-state index contributed by atoms with van der Waals surface area (Å²) in [5.41, 5.74) is -0.474. The number of likely N-dealkylation sites (N-methyl/N-ethyl adjacent to an activating group) is 1. The van der Waals surface area contributed by atoms with Gasteiger partial charge in [-0.1, -0.05) is 49.1 Å². The average Bonchev–Trinajstić information content (AvgIpc) is 2.81. The van der Waals surface area contributed by atoms with Crippen LogP contribution in [0.4, 0.5) is 5.69 Å². The minimum atomic E-state index is -3.93. The number of nitrogens with one attached hydrogen (secondary N) is 2. The Balaban J connectivity index is 1.95. The molecule has 2 aromatic carbocycles. The number of para-hydroxylation sites is 1. The first-order valence-electron chi connectivity index (χ1n) is 11.2. The maximum atomic E-state index is 13.4. The van der Waals surface area contributed by atoms with Crippen LogP contribution in [-0.2, 0) is 14.8 Å². The van der Waals surface area contributed by atoms with Crippen LogP contribution in [0.15, 0.2) is 53.4 Å². The van der Waals surface area contributed by atoms with E-state index in [9.17, 15) is 18.0 Å². The van der Waals surface area contributed by atoms with Crippen LogP contribution in [0, 0.1) is 0 Å². The summed E-state index contributed by atoms with van der Waals surface area (Å²) in [6.45, 7) is 4.25. The van der Waals surface area contributed by atoms with E-state index in [1.54, 1.807) is 31.2 Å². The zero-order chi connectivity index (χ0) is 24.1. The molecule has 0 aromatic heterocycles. The van der Waals surface area contributed by atoms with Crippen molar-refractivity contribution in [1.82, 2.24) is 10.6 Å². The molecule has 2 aromatic rings. The smallest absolute Gasteiger partial charge is 0.264 e. The molecule has 178 valence electrons. The summed E-state index contributed by atoms with van der Waals surface area (Å²) in [4.78, 5) is 26.0. The van der Waals surface area contributed by atoms with Crippen LogP contribution in [-0.4, -0.2) is 38.9 Å². The van der Waals surface area contributed by atoms with Crippen molar-refractivity contribution in [1.29, 1.82) is 0 Å². The molecule has 33 heavy (non-hydrogen) atoms. The van der Waals surface area contributed by atoms with Gasteiger partial charge < -0.3 is 10.6 Å². The highest BCUT2D eigenvalue weighted by atomic mass is 35.5. The van der Waals surface area contributed by atoms with Crippen molar-refractivity contribution in [3.8, 4) is 0 Å². The van der Waals surface area contributed by atoms with E-state index < -0.39 is 21.5 Å². The van der Waals surface area contributed by atoms with Crippen molar-refractivity contribution in [3.05, 3.63) is 59.1 Å². The second-order valence-corrected chi connectivity index (χ2v) is 10.4. The van der Waals surface area contributed by atoms with Gasteiger partial charge in [-0.2, -0.15) is 0 Å². The zero-order valence-electron chi connectivity index (χ0n) is 18.9. The van der Waals surface area contributed by atoms with Crippen molar-refractivity contribution < 1.29 is 18.0 Å². The van der Waals surface area contributed by atoms with E-state index in [0.717, 1.165) is 19.3 Å². The van der Waals surface area contributed by atoms with Gasteiger partial charge in [0, 0.05) is 13.1 Å². The number of rotatable bonds is 8. The maximum absolute atomic E-state index is 13.4. The summed E-state index contributed by atoms with van der Waals surface area (Å²) in [7, 11) is -3.93. The Morgan fingerprint density at radius 1 is 1.03 bits per heavy atom. The predicted molar refractivity (Wildman–Crippen MR) is 130 cm³/mol. The number of nitrogens with zero attached hydrogens (tertiary/aromatic N) is 1. The third kappa shape index (κ3) is 5.33. The van der Waals surface area contributed by atoms with E-state index in [1.807, 2.05) is 13.0 Å². The Bertz CT molecular complexity index is 1100. The molecule has 0 unspecified atom stereocenters. The van der Waals surface area contributed by atoms with Crippen molar-refractivity contribution in [3.63, 3.8) is 0 Å². The molecule has 0 atom stereocenters. The van der Waals surface area contributed by atoms with Crippen molar-refractivity contribution in [2.75, 3.05) is 17.4 Å². The molecule has 0 saturated heterocycles. The lowest BCUT2D eigenvalue weighted by Crippen LogP contribution is -2.59. The molecular formula is C24H30ClN3O4S. The number of hydrogen-bond donors (Lipinski definition) is 2. The molecule has 1 aliphatic rings. The molecule has 1 aliphatic carbocycles. The second-order valence-electron chi connectivity index (χ2n) is 8.10. The van der Waals surface area contributed by atoms with Crippen LogP contribution < -0.4 is 14.9 Å². The molecule has 1 fully saturated rings. The molecule has 0 aliphatic heterocycles. The van der Waals surface area contributed by atoms with Crippen molar-refractivity contribution >= 4 is 39.1 Å². The van der Waals surface area contributed by atoms with Crippen LogP contribution in [0.3, 0.4) is 0 Å². The highest BCUT2D eigenvalue weighted by Crippen LogP contribution is 2.31. The molecule has 9 heteroatoms. The Kier molecular flexibility index (Phi) is 8.02. The number of amides is 2. The average molecular weight is 492 g/mol. The van der Waals surface area contributed by atoms with Crippen molar-refractivity contribution in [2.45, 2.75) is 56.4 Å². The predicted octanol–water partition coefficient (Wildman–Crippen LogP) is 4.12. The lowest BCUT2D eigenvalue weighted by Gasteiger charge is -2.36. The van der Waals surface area contributed by atoms with Gasteiger partial charge in [0.1, 0.15) is 5.54 Å². The summed E-state index contributed by atoms with van der Waals surface area (Å²) in [6, 6.07) is 12.8. The summed E-state index contributed by atoms with van der Waals surface area (Å²) >= 11 is 6.31. The minimum Gasteiger partial charge on any atom is -0.354 e. The standard InChI is InChI=1S/C24H30ClN3O4S/c1-3-26-23(30)24(15-9-6-10-16-24)27-22(29)20-17-19(13-14-21(20)25)33(31,32)28(4-2)18-11-7-5-8-12-18/h5,7-8,11-14,17H,3-4,6,9-10,15-16H2,1-2H3,(H,26,30)(H,27,29). The number of carbonyl (C=O) groups is 2. The molecule has 0 bridgehead atoms. The van der Waals surface area contributed by atoms with E-state index in [-0.39, 0.29) is 27.9 Å². The van der Waals surface area contributed by atoms with E-state index in [2.05, 4.69) is 10.6 Å². The second kappa shape index (κ2) is 10.6. The van der Waals surface area contributed by atoms with Gasteiger partial charge in [0.15, 0.2) is 0 Å². The molecular weight excluding hydrogens is 462 g/mol. The third-order valence-corrected chi connectivity index (χ3v) is 8.16. The molecule has 2 N–H and O–H groups in total. The number of anilines is 1. The van der Waals surface area contributed by atoms with Crippen molar-refractivity contribution in [2.24, 2.45) is 0 Å². The topological polar surface area (TPSA) is 95.6 Å². The molecule has 1 saturated carbocycles. The quantitative estimate of drug-likeness (QED) is 0.580. The minimum absolute atomic E-state index is 0.0242. The lowest BCUT2D eigenvalue weighted by molar-refractivity contribution is -0.128. The van der Waals surface area contributed by atoms with E-state index in [4.69, 9.17) is 11.6 Å². The molecule has 0 spiro atoms. The first-order valence-corrected chi connectivity index (χ1v) is 13.0. The Hall–Kier alpha value is -2.58. The van der Waals surface area contributed by atoms with Gasteiger partial charge >= 0.3 is 0 Å². The largest absolute Gasteiger partial charge is 0.354 e. The molecule has 0 heterocycles. The van der Waals surface area contributed by atoms with Gasteiger partial charge in [0.2, 0.25) is 5.91 Å². The summed E-state index contributed by atoms with van der Waals surface area (Å²) < 4.78 is 28.0. The van der Waals surface area contributed by atoms with Crippen LogP contribution in [0.2, 0.25) is 5.02 Å². The molecule has 7 nitrogen and oxygen atoms in total. The first kappa shape index (κ1) is 25.1. The van der Waals surface area contributed by atoms with Crippen LogP contribution in [0.1, 0.15) is 56.3 Å². The normalized spacial score (nSPS) is 15.5. The number of hydrogen-bond acceptors (Lipinski definition) is 4. The van der Waals surface area contributed by atoms with Gasteiger partial charge in [-0.15, -0.1) is 0 Å². The maximum Gasteiger partial charge on any atom is 0.264 e. The van der Waals surface area contributed by atoms with Crippen LogP contribution in [0.5, 0.6) is 0 Å². The Morgan fingerprint density at radius 3 is 2.30 bits per heavy atom. The van der Waals surface area contributed by atoms with Gasteiger partial charge in [-0.25, -0.2) is 8.42 Å². The van der Waals surface area contributed by atoms with Gasteiger partial charge in [0.05, 0.1) is 21.2 Å². The SMILES string of the molecule is CCNC(=O)C1(NC(=O)c2cc(S(=O)(=O)N(CC)c3ccccc3)ccc2Cl)CCCCC1. The van der Waals surface area contributed by atoms with E-state index in [1.165, 1.54) is 22.5 Å². The summed E-state index contributed by atoms with van der Waals surface area (Å²) in [5.74, 6) is -0.785. The highest BCUT2D eigenvalue weighted by molar-refractivity contribution is 7.92. The highest BCUT2D eigenvalue weighted by Gasteiger charge is 2.41. The molecule has 0 radical (unpaired) electrons. The number of sulfonamides is 1. The van der Waals surface area contributed by atoms with Crippen LogP contribution >= 0.6 is 11.6 Å². The Labute approximate surface area is 200 Å². The van der Waals surface area contributed by atoms with Gasteiger partial charge in [-0.05, 0) is 57.0 Å². The Morgan fingerprint density at radius 2 is 1.70 bits per heavy atom. The lowest BCUT2D eigenvalue weighted by atomic mass is 9.80. The van der Waals surface area contributed by atoms with E-state index >= 15 is 0 Å². The summed E-state index contributed by atoms with van der Waals surface area (Å²) in [5, 5.41) is 5.82. The number of carbonyl (C=O) groups excluding carboxylic acids is 2. The first-order chi connectivity index (χ1) is 15.7. The molecule has 2 amide bonds. The fourth-order valence-corrected chi connectivity index (χ4v) is 5.93. The van der Waals surface area contributed by atoms with Gasteiger partial charge in [-0.3, -0.25) is 13.9 Å². The summed E-state index contributed by atoms with van der Waals surface area (Å²) in [6.07, 6.45) is 3.69.